The largest absolute Gasteiger partial charge is 0.454 e. The van der Waals surface area contributed by atoms with Gasteiger partial charge in [0.05, 0.1) is 22.5 Å². The first-order valence-corrected chi connectivity index (χ1v) is 13.2. The molecular formula is C25H27N3O6S. The van der Waals surface area contributed by atoms with Crippen LogP contribution in [0.25, 0.3) is 11.5 Å². The fraction of sp³-hybridized carbons (Fsp3) is 0.400. The maximum atomic E-state index is 13.0. The lowest BCUT2D eigenvalue weighted by Crippen LogP contribution is -2.40. The van der Waals surface area contributed by atoms with Gasteiger partial charge in [0.15, 0.2) is 21.3 Å². The quantitative estimate of drug-likeness (QED) is 0.508. The average Bonchev–Trinajstić information content (AvgIpc) is 3.54. The van der Waals surface area contributed by atoms with Gasteiger partial charge in [-0.05, 0) is 62.6 Å². The number of fused-ring (bicyclic) bond motifs is 1. The number of rotatable bonds is 6. The standard InChI is InChI=1S/C25H27N3O6S/c1-16(2)35(30,31)20-8-5-17(6-9-20)12-23(29)28-11-3-4-19(14-28)25-27-26-24(34-25)18-7-10-21-22(13-18)33-15-32-21/h5-10,13,16,19H,3-4,11-12,14-15H2,1-2H3. The van der Waals surface area contributed by atoms with Crippen LogP contribution in [0.3, 0.4) is 0 Å². The summed E-state index contributed by atoms with van der Waals surface area (Å²) in [5.41, 5.74) is 1.53. The van der Waals surface area contributed by atoms with E-state index in [-0.39, 0.29) is 29.9 Å². The van der Waals surface area contributed by atoms with Gasteiger partial charge in [0.25, 0.3) is 0 Å². The van der Waals surface area contributed by atoms with E-state index >= 15 is 0 Å². The number of sulfone groups is 1. The molecule has 0 spiro atoms. The van der Waals surface area contributed by atoms with Crippen LogP contribution < -0.4 is 9.47 Å². The van der Waals surface area contributed by atoms with Crippen molar-refractivity contribution in [3.8, 4) is 23.0 Å². The Labute approximate surface area is 204 Å². The number of likely N-dealkylation sites (tertiary alicyclic amines) is 1. The fourth-order valence-corrected chi connectivity index (χ4v) is 5.37. The summed E-state index contributed by atoms with van der Waals surface area (Å²) >= 11 is 0. The highest BCUT2D eigenvalue weighted by Gasteiger charge is 2.29. The molecule has 0 N–H and O–H groups in total. The molecule has 1 unspecified atom stereocenters. The van der Waals surface area contributed by atoms with E-state index in [4.69, 9.17) is 13.9 Å². The monoisotopic (exact) mass is 497 g/mol. The number of carbonyl (C=O) groups is 1. The first-order valence-electron chi connectivity index (χ1n) is 11.7. The molecule has 0 aliphatic carbocycles. The molecule has 0 saturated carbocycles. The summed E-state index contributed by atoms with van der Waals surface area (Å²) in [6, 6.07) is 12.1. The smallest absolute Gasteiger partial charge is 0.247 e. The number of benzene rings is 2. The van der Waals surface area contributed by atoms with Crippen LogP contribution in [-0.4, -0.2) is 54.6 Å². The third-order valence-electron chi connectivity index (χ3n) is 6.41. The Morgan fingerprint density at radius 2 is 1.86 bits per heavy atom. The number of ether oxygens (including phenoxy) is 2. The van der Waals surface area contributed by atoms with E-state index in [0.717, 1.165) is 24.0 Å². The summed E-state index contributed by atoms with van der Waals surface area (Å²) in [6.45, 7) is 4.67. The minimum absolute atomic E-state index is 0.00956. The molecule has 2 aliphatic heterocycles. The maximum Gasteiger partial charge on any atom is 0.247 e. The van der Waals surface area contributed by atoms with Gasteiger partial charge in [-0.25, -0.2) is 8.42 Å². The molecule has 2 aliphatic rings. The lowest BCUT2D eigenvalue weighted by molar-refractivity contribution is -0.131. The maximum absolute atomic E-state index is 13.0. The number of aromatic nitrogens is 2. The molecule has 35 heavy (non-hydrogen) atoms. The molecule has 9 nitrogen and oxygen atoms in total. The lowest BCUT2D eigenvalue weighted by Gasteiger charge is -2.31. The molecule has 184 valence electrons. The number of nitrogens with zero attached hydrogens (tertiary/aromatic N) is 3. The minimum Gasteiger partial charge on any atom is -0.454 e. The second-order valence-electron chi connectivity index (χ2n) is 9.11. The number of carbonyl (C=O) groups excluding carboxylic acids is 1. The predicted molar refractivity (Wildman–Crippen MR) is 127 cm³/mol. The fourth-order valence-electron chi connectivity index (χ4n) is 4.31. The Kier molecular flexibility index (Phi) is 6.22. The van der Waals surface area contributed by atoms with E-state index in [1.165, 1.54) is 0 Å². The van der Waals surface area contributed by atoms with Crippen molar-refractivity contribution in [2.24, 2.45) is 0 Å². The number of hydrogen-bond acceptors (Lipinski definition) is 8. The topological polar surface area (TPSA) is 112 Å². The van der Waals surface area contributed by atoms with Crippen LogP contribution in [0.4, 0.5) is 0 Å². The van der Waals surface area contributed by atoms with Gasteiger partial charge in [-0.15, -0.1) is 10.2 Å². The molecule has 2 aromatic carbocycles. The minimum atomic E-state index is -3.33. The summed E-state index contributed by atoms with van der Waals surface area (Å²) < 4.78 is 41.4. The van der Waals surface area contributed by atoms with Gasteiger partial charge < -0.3 is 18.8 Å². The highest BCUT2D eigenvalue weighted by atomic mass is 32.2. The van der Waals surface area contributed by atoms with Crippen molar-refractivity contribution in [2.45, 2.75) is 49.2 Å². The summed E-state index contributed by atoms with van der Waals surface area (Å²) in [4.78, 5) is 15.1. The van der Waals surface area contributed by atoms with Crippen LogP contribution in [0.5, 0.6) is 11.5 Å². The summed E-state index contributed by atoms with van der Waals surface area (Å²) in [5.74, 6) is 2.19. The van der Waals surface area contributed by atoms with Crippen LogP contribution in [0.1, 0.15) is 44.1 Å². The molecule has 10 heteroatoms. The molecule has 3 aromatic rings. The molecule has 1 atom stereocenters. The van der Waals surface area contributed by atoms with Crippen LogP contribution >= 0.6 is 0 Å². The SMILES string of the molecule is CC(C)S(=O)(=O)c1ccc(CC(=O)N2CCCC(c3nnc(-c4ccc5c(c4)OCO5)o3)C2)cc1. The van der Waals surface area contributed by atoms with E-state index in [0.29, 0.717) is 36.4 Å². The zero-order valence-corrected chi connectivity index (χ0v) is 20.5. The van der Waals surface area contributed by atoms with E-state index < -0.39 is 15.1 Å². The summed E-state index contributed by atoms with van der Waals surface area (Å²) in [5, 5.41) is 7.96. The first kappa shape index (κ1) is 23.3. The highest BCUT2D eigenvalue weighted by Crippen LogP contribution is 2.36. The van der Waals surface area contributed by atoms with Gasteiger partial charge in [0.2, 0.25) is 24.5 Å². The van der Waals surface area contributed by atoms with Crippen molar-refractivity contribution in [1.29, 1.82) is 0 Å². The molecule has 5 rings (SSSR count). The normalized spacial score (nSPS) is 17.7. The van der Waals surface area contributed by atoms with Crippen molar-refractivity contribution in [2.75, 3.05) is 19.9 Å². The van der Waals surface area contributed by atoms with Gasteiger partial charge in [-0.3, -0.25) is 4.79 Å². The molecule has 1 amide bonds. The third-order valence-corrected chi connectivity index (χ3v) is 8.58. The third kappa shape index (κ3) is 4.75. The summed E-state index contributed by atoms with van der Waals surface area (Å²) in [6.07, 6.45) is 1.90. The van der Waals surface area contributed by atoms with Crippen LogP contribution in [0, 0.1) is 0 Å². The summed E-state index contributed by atoms with van der Waals surface area (Å²) in [7, 11) is -3.33. The Morgan fingerprint density at radius 1 is 1.09 bits per heavy atom. The Bertz CT molecular complexity index is 1330. The highest BCUT2D eigenvalue weighted by molar-refractivity contribution is 7.92. The van der Waals surface area contributed by atoms with E-state index in [2.05, 4.69) is 10.2 Å². The zero-order chi connectivity index (χ0) is 24.6. The molecule has 1 aromatic heterocycles. The van der Waals surface area contributed by atoms with Gasteiger partial charge in [0, 0.05) is 18.7 Å². The van der Waals surface area contributed by atoms with Gasteiger partial charge in [0.1, 0.15) is 0 Å². The molecule has 3 heterocycles. The van der Waals surface area contributed by atoms with Crippen LogP contribution in [-0.2, 0) is 21.1 Å². The zero-order valence-electron chi connectivity index (χ0n) is 19.6. The molecular weight excluding hydrogens is 470 g/mol. The van der Waals surface area contributed by atoms with Gasteiger partial charge in [-0.2, -0.15) is 0 Å². The van der Waals surface area contributed by atoms with E-state index in [1.54, 1.807) is 38.1 Å². The second kappa shape index (κ2) is 9.33. The second-order valence-corrected chi connectivity index (χ2v) is 11.6. The van der Waals surface area contributed by atoms with Gasteiger partial charge in [-0.1, -0.05) is 12.1 Å². The Morgan fingerprint density at radius 3 is 2.63 bits per heavy atom. The van der Waals surface area contributed by atoms with Crippen LogP contribution in [0.15, 0.2) is 51.8 Å². The van der Waals surface area contributed by atoms with Crippen molar-refractivity contribution in [3.63, 3.8) is 0 Å². The Hall–Kier alpha value is -3.40. The van der Waals surface area contributed by atoms with Gasteiger partial charge >= 0.3 is 0 Å². The van der Waals surface area contributed by atoms with Crippen LogP contribution in [0.2, 0.25) is 0 Å². The number of piperidine rings is 1. The first-order chi connectivity index (χ1) is 16.8. The van der Waals surface area contributed by atoms with Crippen molar-refractivity contribution >= 4 is 15.7 Å². The molecule has 0 radical (unpaired) electrons. The molecule has 1 fully saturated rings. The number of hydrogen-bond donors (Lipinski definition) is 0. The van der Waals surface area contributed by atoms with Crippen molar-refractivity contribution in [1.82, 2.24) is 15.1 Å². The average molecular weight is 498 g/mol. The predicted octanol–water partition coefficient (Wildman–Crippen LogP) is 3.60. The lowest BCUT2D eigenvalue weighted by atomic mass is 9.97. The van der Waals surface area contributed by atoms with Crippen molar-refractivity contribution < 1.29 is 27.1 Å². The van der Waals surface area contributed by atoms with Crippen molar-refractivity contribution in [3.05, 3.63) is 53.9 Å². The van der Waals surface area contributed by atoms with E-state index in [9.17, 15) is 13.2 Å². The molecule has 0 bridgehead atoms. The molecule has 1 saturated heterocycles. The number of amides is 1. The Balaban J connectivity index is 1.24. The van der Waals surface area contributed by atoms with E-state index in [1.807, 2.05) is 23.1 Å².